The highest BCUT2D eigenvalue weighted by atomic mass is 32.2. The highest BCUT2D eigenvalue weighted by molar-refractivity contribution is 8.15. The van der Waals surface area contributed by atoms with Gasteiger partial charge in [0.15, 0.2) is 5.17 Å². The number of ether oxygens (including phenoxy) is 2. The highest BCUT2D eigenvalue weighted by Crippen LogP contribution is 2.29. The number of para-hydroxylation sites is 2. The van der Waals surface area contributed by atoms with Crippen molar-refractivity contribution in [3.8, 4) is 5.75 Å². The average molecular weight is 385 g/mol. The summed E-state index contributed by atoms with van der Waals surface area (Å²) in [5, 5.41) is 2.48. The third kappa shape index (κ3) is 4.70. The quantitative estimate of drug-likeness (QED) is 0.835. The van der Waals surface area contributed by atoms with Gasteiger partial charge in [-0.15, -0.1) is 0 Å². The van der Waals surface area contributed by atoms with Gasteiger partial charge < -0.3 is 19.7 Å². The molecule has 2 aliphatic heterocycles. The minimum Gasteiger partial charge on any atom is -0.433 e. The van der Waals surface area contributed by atoms with Crippen molar-refractivity contribution in [1.82, 2.24) is 4.90 Å². The van der Waals surface area contributed by atoms with Gasteiger partial charge in [0.2, 0.25) is 5.91 Å². The van der Waals surface area contributed by atoms with E-state index in [1.54, 1.807) is 6.07 Å². The molecule has 2 heterocycles. The average Bonchev–Trinajstić information content (AvgIpc) is 2.97. The molecule has 10 heteroatoms. The van der Waals surface area contributed by atoms with Crippen LogP contribution in [-0.2, 0) is 14.3 Å². The van der Waals surface area contributed by atoms with E-state index in [1.807, 2.05) is 4.90 Å². The van der Waals surface area contributed by atoms with Crippen LogP contribution in [0.5, 0.6) is 5.75 Å². The summed E-state index contributed by atoms with van der Waals surface area (Å²) < 4.78 is 34.5. The largest absolute Gasteiger partial charge is 0.433 e. The van der Waals surface area contributed by atoms with Gasteiger partial charge in [0, 0.05) is 19.5 Å². The number of nitrogens with zero attached hydrogens (tertiary/aromatic N) is 2. The van der Waals surface area contributed by atoms with Crippen molar-refractivity contribution in [3.63, 3.8) is 0 Å². The van der Waals surface area contributed by atoms with Crippen LogP contribution in [-0.4, -0.2) is 60.0 Å². The second-order valence-corrected chi connectivity index (χ2v) is 6.74. The Kier molecular flexibility index (Phi) is 6.04. The van der Waals surface area contributed by atoms with E-state index in [4.69, 9.17) is 4.74 Å². The van der Waals surface area contributed by atoms with Crippen LogP contribution in [0.1, 0.15) is 6.42 Å². The molecular weight excluding hydrogens is 368 g/mol. The Bertz CT molecular complexity index is 710. The van der Waals surface area contributed by atoms with E-state index in [2.05, 4.69) is 15.0 Å². The van der Waals surface area contributed by atoms with Crippen molar-refractivity contribution >= 4 is 34.4 Å². The fourth-order valence-corrected chi connectivity index (χ4v) is 3.65. The number of hydrogen-bond donors (Lipinski definition) is 1. The van der Waals surface area contributed by atoms with Crippen molar-refractivity contribution in [2.75, 3.05) is 31.6 Å². The topological polar surface area (TPSA) is 80.2 Å². The Morgan fingerprint density at radius 2 is 2.12 bits per heavy atom. The summed E-state index contributed by atoms with van der Waals surface area (Å²) in [6.07, 6.45) is -0.107. The number of thioether (sulfide) groups is 1. The van der Waals surface area contributed by atoms with Crippen molar-refractivity contribution in [1.29, 1.82) is 0 Å². The smallest absolute Gasteiger partial charge is 0.387 e. The van der Waals surface area contributed by atoms with Crippen LogP contribution >= 0.6 is 11.8 Å². The maximum absolute atomic E-state index is 12.4. The summed E-state index contributed by atoms with van der Waals surface area (Å²) in [7, 11) is 0. The second-order valence-electron chi connectivity index (χ2n) is 5.57. The van der Waals surface area contributed by atoms with Gasteiger partial charge in [0.1, 0.15) is 11.0 Å². The summed E-state index contributed by atoms with van der Waals surface area (Å²) in [6, 6.07) is 5.89. The highest BCUT2D eigenvalue weighted by Gasteiger charge is 2.33. The van der Waals surface area contributed by atoms with Gasteiger partial charge in [0.25, 0.3) is 5.91 Å². The minimum absolute atomic E-state index is 0.107. The van der Waals surface area contributed by atoms with E-state index >= 15 is 0 Å². The maximum Gasteiger partial charge on any atom is 0.387 e. The van der Waals surface area contributed by atoms with Gasteiger partial charge in [-0.2, -0.15) is 13.8 Å². The Balaban J connectivity index is 1.57. The van der Waals surface area contributed by atoms with Gasteiger partial charge in [-0.05, 0) is 12.1 Å². The first-order valence-electron chi connectivity index (χ1n) is 7.98. The summed E-state index contributed by atoms with van der Waals surface area (Å²) in [5.74, 6) is -0.977. The maximum atomic E-state index is 12.4. The fraction of sp³-hybridized carbons (Fsp3) is 0.438. The number of benzene rings is 1. The van der Waals surface area contributed by atoms with E-state index in [-0.39, 0.29) is 23.8 Å². The summed E-state index contributed by atoms with van der Waals surface area (Å²) in [4.78, 5) is 30.3. The molecule has 3 rings (SSSR count). The Morgan fingerprint density at radius 1 is 1.38 bits per heavy atom. The molecule has 140 valence electrons. The van der Waals surface area contributed by atoms with Crippen LogP contribution in [0, 0.1) is 0 Å². The molecule has 1 fully saturated rings. The lowest BCUT2D eigenvalue weighted by molar-refractivity contribution is -0.121. The molecule has 1 N–H and O–H groups in total. The Labute approximate surface area is 152 Å². The van der Waals surface area contributed by atoms with Crippen LogP contribution < -0.4 is 10.1 Å². The molecule has 0 aromatic heterocycles. The number of alkyl halides is 2. The molecule has 1 atom stereocenters. The van der Waals surface area contributed by atoms with Gasteiger partial charge in [-0.25, -0.2) is 0 Å². The fourth-order valence-electron chi connectivity index (χ4n) is 2.54. The van der Waals surface area contributed by atoms with E-state index in [1.165, 1.54) is 30.0 Å². The molecule has 1 aromatic rings. The van der Waals surface area contributed by atoms with Crippen molar-refractivity contribution in [2.24, 2.45) is 4.99 Å². The Hall–Kier alpha value is -2.20. The zero-order chi connectivity index (χ0) is 18.5. The molecule has 1 saturated heterocycles. The molecule has 0 spiro atoms. The predicted molar refractivity (Wildman–Crippen MR) is 92.5 cm³/mol. The number of hydrogen-bond acceptors (Lipinski definition) is 6. The van der Waals surface area contributed by atoms with Crippen LogP contribution in [0.3, 0.4) is 0 Å². The van der Waals surface area contributed by atoms with Crippen molar-refractivity contribution in [2.45, 2.75) is 18.3 Å². The summed E-state index contributed by atoms with van der Waals surface area (Å²) in [5.41, 5.74) is 0.127. The molecule has 0 saturated carbocycles. The molecule has 1 unspecified atom stereocenters. The normalized spacial score (nSPS) is 20.3. The number of aliphatic imine (C=N–C) groups is 1. The van der Waals surface area contributed by atoms with E-state index in [9.17, 15) is 18.4 Å². The van der Waals surface area contributed by atoms with Crippen molar-refractivity contribution < 1.29 is 27.8 Å². The summed E-state index contributed by atoms with van der Waals surface area (Å²) >= 11 is 1.24. The van der Waals surface area contributed by atoms with Gasteiger partial charge >= 0.3 is 6.61 Å². The van der Waals surface area contributed by atoms with Gasteiger partial charge in [0.05, 0.1) is 18.9 Å². The van der Waals surface area contributed by atoms with Crippen LogP contribution in [0.2, 0.25) is 0 Å². The zero-order valence-corrected chi connectivity index (χ0v) is 14.5. The second kappa shape index (κ2) is 8.45. The minimum atomic E-state index is -3.00. The lowest BCUT2D eigenvalue weighted by Gasteiger charge is -2.27. The monoisotopic (exact) mass is 385 g/mol. The number of carbonyl (C=O) groups excluding carboxylic acids is 2. The van der Waals surface area contributed by atoms with Crippen LogP contribution in [0.15, 0.2) is 29.3 Å². The predicted octanol–water partition coefficient (Wildman–Crippen LogP) is 1.95. The number of nitrogens with one attached hydrogen (secondary N) is 1. The SMILES string of the molecule is O=C(CC1SC(N2CCOCC2)=NC1=O)Nc1ccccc1OC(F)F. The zero-order valence-electron chi connectivity index (χ0n) is 13.7. The molecular formula is C16H17F2N3O4S. The number of halogens is 2. The molecule has 2 amide bonds. The Morgan fingerprint density at radius 3 is 2.85 bits per heavy atom. The molecule has 0 aliphatic carbocycles. The van der Waals surface area contributed by atoms with Gasteiger partial charge in [-0.3, -0.25) is 9.59 Å². The van der Waals surface area contributed by atoms with E-state index < -0.39 is 17.8 Å². The van der Waals surface area contributed by atoms with Crippen molar-refractivity contribution in [3.05, 3.63) is 24.3 Å². The van der Waals surface area contributed by atoms with Crippen LogP contribution in [0.25, 0.3) is 0 Å². The third-order valence-electron chi connectivity index (χ3n) is 3.76. The van der Waals surface area contributed by atoms with Crippen LogP contribution in [0.4, 0.5) is 14.5 Å². The molecule has 7 nitrogen and oxygen atoms in total. The molecule has 2 aliphatic rings. The van der Waals surface area contributed by atoms with Gasteiger partial charge in [-0.1, -0.05) is 23.9 Å². The number of amidine groups is 1. The molecule has 0 radical (unpaired) electrons. The molecule has 26 heavy (non-hydrogen) atoms. The number of anilines is 1. The molecule has 1 aromatic carbocycles. The first kappa shape index (κ1) is 18.6. The lowest BCUT2D eigenvalue weighted by Crippen LogP contribution is -2.39. The van der Waals surface area contributed by atoms with E-state index in [0.717, 1.165) is 0 Å². The first-order valence-corrected chi connectivity index (χ1v) is 8.86. The number of amides is 2. The van der Waals surface area contributed by atoms with E-state index in [0.29, 0.717) is 31.5 Å². The standard InChI is InChI=1S/C16H17F2N3O4S/c17-15(18)25-11-4-2-1-3-10(11)19-13(22)9-12-14(23)20-16(26-12)21-5-7-24-8-6-21/h1-4,12,15H,5-9H2,(H,19,22). The summed E-state index contributed by atoms with van der Waals surface area (Å²) in [6.45, 7) is -0.559. The number of rotatable bonds is 5. The third-order valence-corrected chi connectivity index (χ3v) is 4.97. The lowest BCUT2D eigenvalue weighted by atomic mass is 10.2. The number of carbonyl (C=O) groups is 2. The first-order chi connectivity index (χ1) is 12.5. The number of morpholine rings is 1. The molecule has 0 bridgehead atoms.